The lowest BCUT2D eigenvalue weighted by Gasteiger charge is -2.19. The van der Waals surface area contributed by atoms with Gasteiger partial charge >= 0.3 is 0 Å². The van der Waals surface area contributed by atoms with Crippen LogP contribution < -0.4 is 14.8 Å². The smallest absolute Gasteiger partial charge is 0.258 e. The van der Waals surface area contributed by atoms with Crippen LogP contribution in [0.3, 0.4) is 0 Å². The first-order valence-electron chi connectivity index (χ1n) is 9.92. The van der Waals surface area contributed by atoms with Gasteiger partial charge in [-0.3, -0.25) is 4.79 Å². The van der Waals surface area contributed by atoms with Crippen molar-refractivity contribution in [1.29, 1.82) is 0 Å². The summed E-state index contributed by atoms with van der Waals surface area (Å²) in [5.41, 5.74) is 2.62. The van der Waals surface area contributed by atoms with Crippen molar-refractivity contribution >= 4 is 16.7 Å². The Labute approximate surface area is 165 Å². The average molecular weight is 375 g/mol. The molecule has 4 rings (SSSR count). The number of rotatable bonds is 7. The molecule has 0 atom stereocenters. The van der Waals surface area contributed by atoms with Crippen LogP contribution in [0.4, 0.5) is 0 Å². The third-order valence-corrected chi connectivity index (χ3v) is 5.14. The standard InChI is InChI=1S/C24H25NO3/c26-24(17-28-23-14-6-10-19-8-2-4-12-21(19)23)25-15-16-27-22-13-5-9-18-7-1-3-11-20(18)22/h1,3,5-7,9-11,13-14H,2,4,8,12,15-17H2,(H,25,26). The number of carbonyl (C=O) groups excluding carboxylic acids is 1. The number of carbonyl (C=O) groups is 1. The van der Waals surface area contributed by atoms with Crippen LogP contribution in [-0.2, 0) is 17.6 Å². The average Bonchev–Trinajstić information content (AvgIpc) is 2.75. The molecule has 0 aromatic heterocycles. The second-order valence-electron chi connectivity index (χ2n) is 7.07. The maximum Gasteiger partial charge on any atom is 0.258 e. The predicted molar refractivity (Wildman–Crippen MR) is 111 cm³/mol. The third kappa shape index (κ3) is 4.28. The second kappa shape index (κ2) is 8.79. The number of nitrogens with one attached hydrogen (secondary N) is 1. The molecule has 28 heavy (non-hydrogen) atoms. The quantitative estimate of drug-likeness (QED) is 0.627. The lowest BCUT2D eigenvalue weighted by atomic mass is 9.91. The summed E-state index contributed by atoms with van der Waals surface area (Å²) in [5, 5.41) is 5.08. The molecular weight excluding hydrogens is 350 g/mol. The highest BCUT2D eigenvalue weighted by molar-refractivity contribution is 5.88. The van der Waals surface area contributed by atoms with Crippen molar-refractivity contribution in [1.82, 2.24) is 5.32 Å². The molecule has 0 unspecified atom stereocenters. The Balaban J connectivity index is 1.24. The predicted octanol–water partition coefficient (Wildman–Crippen LogP) is 4.29. The monoisotopic (exact) mass is 375 g/mol. The van der Waals surface area contributed by atoms with E-state index in [0.29, 0.717) is 13.2 Å². The molecular formula is C24H25NO3. The van der Waals surface area contributed by atoms with Crippen molar-refractivity contribution in [3.05, 3.63) is 71.8 Å². The highest BCUT2D eigenvalue weighted by Gasteiger charge is 2.14. The van der Waals surface area contributed by atoms with E-state index in [1.165, 1.54) is 24.0 Å². The molecule has 0 aliphatic heterocycles. The van der Waals surface area contributed by atoms with Crippen LogP contribution in [0.5, 0.6) is 11.5 Å². The molecule has 0 bridgehead atoms. The number of hydrogen-bond donors (Lipinski definition) is 1. The molecule has 0 fully saturated rings. The van der Waals surface area contributed by atoms with Crippen LogP contribution in [0.1, 0.15) is 24.0 Å². The summed E-state index contributed by atoms with van der Waals surface area (Å²) in [6, 6.07) is 20.2. The van der Waals surface area contributed by atoms with Gasteiger partial charge in [0.1, 0.15) is 18.1 Å². The number of fused-ring (bicyclic) bond motifs is 2. The highest BCUT2D eigenvalue weighted by atomic mass is 16.5. The molecule has 1 N–H and O–H groups in total. The lowest BCUT2D eigenvalue weighted by Crippen LogP contribution is -2.32. The summed E-state index contributed by atoms with van der Waals surface area (Å²) in [5.74, 6) is 1.55. The summed E-state index contributed by atoms with van der Waals surface area (Å²) >= 11 is 0. The van der Waals surface area contributed by atoms with Gasteiger partial charge in [-0.1, -0.05) is 48.5 Å². The molecule has 3 aromatic carbocycles. The van der Waals surface area contributed by atoms with Gasteiger partial charge in [-0.2, -0.15) is 0 Å². The van der Waals surface area contributed by atoms with Gasteiger partial charge in [0.05, 0.1) is 6.54 Å². The van der Waals surface area contributed by atoms with E-state index in [1.54, 1.807) is 0 Å². The van der Waals surface area contributed by atoms with Crippen molar-refractivity contribution in [2.24, 2.45) is 0 Å². The molecule has 1 aliphatic rings. The van der Waals surface area contributed by atoms with E-state index in [1.807, 2.05) is 42.5 Å². The first-order chi connectivity index (χ1) is 13.8. The van der Waals surface area contributed by atoms with Crippen molar-refractivity contribution in [2.75, 3.05) is 19.8 Å². The third-order valence-electron chi connectivity index (χ3n) is 5.14. The summed E-state index contributed by atoms with van der Waals surface area (Å²) in [6.07, 6.45) is 4.55. The van der Waals surface area contributed by atoms with E-state index in [-0.39, 0.29) is 12.5 Å². The van der Waals surface area contributed by atoms with Crippen molar-refractivity contribution in [3.63, 3.8) is 0 Å². The van der Waals surface area contributed by atoms with E-state index in [9.17, 15) is 4.79 Å². The zero-order chi connectivity index (χ0) is 19.2. The Bertz CT molecular complexity index is 962. The van der Waals surface area contributed by atoms with Crippen LogP contribution in [0.25, 0.3) is 10.8 Å². The summed E-state index contributed by atoms with van der Waals surface area (Å²) in [7, 11) is 0. The number of amides is 1. The number of aryl methyl sites for hydroxylation is 1. The highest BCUT2D eigenvalue weighted by Crippen LogP contribution is 2.29. The Hall–Kier alpha value is -3.01. The molecule has 4 heteroatoms. The van der Waals surface area contributed by atoms with Gasteiger partial charge in [-0.25, -0.2) is 0 Å². The van der Waals surface area contributed by atoms with Crippen molar-refractivity contribution in [2.45, 2.75) is 25.7 Å². The zero-order valence-corrected chi connectivity index (χ0v) is 15.9. The first-order valence-corrected chi connectivity index (χ1v) is 9.92. The molecule has 1 aliphatic carbocycles. The number of benzene rings is 3. The van der Waals surface area contributed by atoms with Gasteiger partial charge in [-0.15, -0.1) is 0 Å². The van der Waals surface area contributed by atoms with Crippen LogP contribution in [0.15, 0.2) is 60.7 Å². The molecule has 0 radical (unpaired) electrons. The van der Waals surface area contributed by atoms with Crippen molar-refractivity contribution < 1.29 is 14.3 Å². The lowest BCUT2D eigenvalue weighted by molar-refractivity contribution is -0.123. The molecule has 0 saturated carbocycles. The van der Waals surface area contributed by atoms with Gasteiger partial charge in [-0.05, 0) is 54.3 Å². The van der Waals surface area contributed by atoms with E-state index >= 15 is 0 Å². The zero-order valence-electron chi connectivity index (χ0n) is 15.9. The minimum Gasteiger partial charge on any atom is -0.491 e. The van der Waals surface area contributed by atoms with E-state index in [4.69, 9.17) is 9.47 Å². The number of ether oxygens (including phenoxy) is 2. The maximum atomic E-state index is 12.1. The van der Waals surface area contributed by atoms with Gasteiger partial charge in [0, 0.05) is 5.39 Å². The van der Waals surface area contributed by atoms with Gasteiger partial charge in [0.25, 0.3) is 5.91 Å². The first kappa shape index (κ1) is 18.4. The normalized spacial score (nSPS) is 13.0. The van der Waals surface area contributed by atoms with Gasteiger partial charge in [0.15, 0.2) is 6.61 Å². The molecule has 4 nitrogen and oxygen atoms in total. The Morgan fingerprint density at radius 3 is 2.61 bits per heavy atom. The summed E-state index contributed by atoms with van der Waals surface area (Å²) < 4.78 is 11.6. The van der Waals surface area contributed by atoms with Crippen LogP contribution >= 0.6 is 0 Å². The fourth-order valence-corrected chi connectivity index (χ4v) is 3.75. The Morgan fingerprint density at radius 2 is 1.64 bits per heavy atom. The fourth-order valence-electron chi connectivity index (χ4n) is 3.75. The van der Waals surface area contributed by atoms with E-state index in [0.717, 1.165) is 35.1 Å². The SMILES string of the molecule is O=C(COc1cccc2c1CCCC2)NCCOc1cccc2ccccc12. The molecule has 3 aromatic rings. The van der Waals surface area contributed by atoms with Crippen molar-refractivity contribution in [3.8, 4) is 11.5 Å². The van der Waals surface area contributed by atoms with Crippen LogP contribution in [-0.4, -0.2) is 25.7 Å². The largest absolute Gasteiger partial charge is 0.491 e. The van der Waals surface area contributed by atoms with Crippen LogP contribution in [0, 0.1) is 0 Å². The second-order valence-corrected chi connectivity index (χ2v) is 7.07. The maximum absolute atomic E-state index is 12.1. The summed E-state index contributed by atoms with van der Waals surface area (Å²) in [4.78, 5) is 12.1. The van der Waals surface area contributed by atoms with Crippen LogP contribution in [0.2, 0.25) is 0 Å². The summed E-state index contributed by atoms with van der Waals surface area (Å²) in [6.45, 7) is 0.892. The molecule has 1 amide bonds. The minimum absolute atomic E-state index is 0.0325. The molecule has 0 heterocycles. The van der Waals surface area contributed by atoms with E-state index in [2.05, 4.69) is 23.5 Å². The fraction of sp³-hybridized carbons (Fsp3) is 0.292. The minimum atomic E-state index is -0.130. The van der Waals surface area contributed by atoms with Gasteiger partial charge in [0.2, 0.25) is 0 Å². The number of hydrogen-bond acceptors (Lipinski definition) is 3. The Kier molecular flexibility index (Phi) is 5.76. The van der Waals surface area contributed by atoms with E-state index < -0.39 is 0 Å². The molecule has 0 saturated heterocycles. The molecule has 144 valence electrons. The van der Waals surface area contributed by atoms with Gasteiger partial charge < -0.3 is 14.8 Å². The topological polar surface area (TPSA) is 47.6 Å². The Morgan fingerprint density at radius 1 is 0.857 bits per heavy atom. The molecule has 0 spiro atoms.